The number of hydrogen-bond donors (Lipinski definition) is 2. The molecule has 14 heavy (non-hydrogen) atoms. The van der Waals surface area contributed by atoms with Crippen LogP contribution in [0.3, 0.4) is 0 Å². The van der Waals surface area contributed by atoms with E-state index in [1.54, 1.807) is 6.07 Å². The molecule has 0 atom stereocenters. The van der Waals surface area contributed by atoms with Crippen molar-refractivity contribution in [2.45, 2.75) is 0 Å². The second-order valence-corrected chi connectivity index (χ2v) is 2.70. The predicted molar refractivity (Wildman–Crippen MR) is 48.2 cm³/mol. The second-order valence-electron chi connectivity index (χ2n) is 2.70. The normalized spacial score (nSPS) is 10.3. The summed E-state index contributed by atoms with van der Waals surface area (Å²) in [5.74, 6) is -1.29. The Bertz CT molecular complexity index is 510. The minimum Gasteiger partial charge on any atom is -0.493 e. The summed E-state index contributed by atoms with van der Waals surface area (Å²) in [6.07, 6.45) is 1.13. The van der Waals surface area contributed by atoms with Gasteiger partial charge in [-0.05, 0) is 12.1 Å². The first-order valence-corrected chi connectivity index (χ1v) is 3.86. The average molecular weight is 190 g/mol. The van der Waals surface area contributed by atoms with E-state index in [1.165, 1.54) is 12.1 Å². The van der Waals surface area contributed by atoms with Crippen LogP contribution in [0.2, 0.25) is 0 Å². The SMILES string of the molecule is O=C(O)c1cccc2c(O)ncnc12. The van der Waals surface area contributed by atoms with Crippen LogP contribution in [0, 0.1) is 0 Å². The van der Waals surface area contributed by atoms with Crippen LogP contribution in [0.15, 0.2) is 24.5 Å². The van der Waals surface area contributed by atoms with Gasteiger partial charge >= 0.3 is 5.97 Å². The first-order chi connectivity index (χ1) is 6.70. The van der Waals surface area contributed by atoms with Crippen LogP contribution in [0.25, 0.3) is 10.9 Å². The third-order valence-corrected chi connectivity index (χ3v) is 1.87. The summed E-state index contributed by atoms with van der Waals surface area (Å²) in [6.45, 7) is 0. The zero-order valence-electron chi connectivity index (χ0n) is 7.01. The Morgan fingerprint density at radius 2 is 2.07 bits per heavy atom. The molecule has 2 rings (SSSR count). The summed E-state index contributed by atoms with van der Waals surface area (Å²) in [5.41, 5.74) is 0.299. The van der Waals surface area contributed by atoms with E-state index in [1.807, 2.05) is 0 Å². The fourth-order valence-electron chi connectivity index (χ4n) is 1.25. The third kappa shape index (κ3) is 1.15. The molecule has 70 valence electrons. The Labute approximate surface area is 78.7 Å². The molecular weight excluding hydrogens is 184 g/mol. The number of para-hydroxylation sites is 1. The van der Waals surface area contributed by atoms with Crippen LogP contribution in [0.4, 0.5) is 0 Å². The van der Waals surface area contributed by atoms with Crippen molar-refractivity contribution in [1.82, 2.24) is 9.97 Å². The molecule has 0 saturated heterocycles. The van der Waals surface area contributed by atoms with Gasteiger partial charge in [-0.1, -0.05) is 6.07 Å². The third-order valence-electron chi connectivity index (χ3n) is 1.87. The minimum atomic E-state index is -1.08. The van der Waals surface area contributed by atoms with Crippen LogP contribution in [-0.2, 0) is 0 Å². The van der Waals surface area contributed by atoms with Crippen molar-refractivity contribution in [3.05, 3.63) is 30.1 Å². The highest BCUT2D eigenvalue weighted by Gasteiger charge is 2.11. The van der Waals surface area contributed by atoms with E-state index in [-0.39, 0.29) is 17.0 Å². The van der Waals surface area contributed by atoms with Gasteiger partial charge in [-0.15, -0.1) is 0 Å². The van der Waals surface area contributed by atoms with Crippen LogP contribution in [0.1, 0.15) is 10.4 Å². The van der Waals surface area contributed by atoms with Gasteiger partial charge < -0.3 is 10.2 Å². The summed E-state index contributed by atoms with van der Waals surface area (Å²) in [5, 5.41) is 18.5. The number of carboxylic acids is 1. The molecule has 0 saturated carbocycles. The topological polar surface area (TPSA) is 83.3 Å². The van der Waals surface area contributed by atoms with E-state index < -0.39 is 5.97 Å². The largest absolute Gasteiger partial charge is 0.493 e. The second kappa shape index (κ2) is 2.95. The number of nitrogens with zero attached hydrogens (tertiary/aromatic N) is 2. The highest BCUT2D eigenvalue weighted by Crippen LogP contribution is 2.22. The number of aromatic hydroxyl groups is 1. The molecule has 1 aromatic heterocycles. The lowest BCUT2D eigenvalue weighted by Gasteiger charge is -2.01. The van der Waals surface area contributed by atoms with E-state index >= 15 is 0 Å². The molecule has 0 amide bonds. The van der Waals surface area contributed by atoms with Gasteiger partial charge in [0.05, 0.1) is 16.5 Å². The van der Waals surface area contributed by atoms with Gasteiger partial charge in [0.2, 0.25) is 5.88 Å². The van der Waals surface area contributed by atoms with Crippen molar-refractivity contribution in [3.8, 4) is 5.88 Å². The number of aromatic nitrogens is 2. The minimum absolute atomic E-state index is 0.0557. The fourth-order valence-corrected chi connectivity index (χ4v) is 1.25. The van der Waals surface area contributed by atoms with E-state index in [0.717, 1.165) is 6.33 Å². The Hall–Kier alpha value is -2.17. The summed E-state index contributed by atoms with van der Waals surface area (Å²) >= 11 is 0. The average Bonchev–Trinajstić information content (AvgIpc) is 2.17. The zero-order valence-corrected chi connectivity index (χ0v) is 7.01. The maximum atomic E-state index is 10.8. The standard InChI is InChI=1S/C9H6N2O3/c12-8-5-2-1-3-6(9(13)14)7(5)10-4-11-8/h1-4H,(H,13,14)(H,10,11,12). The molecule has 0 spiro atoms. The highest BCUT2D eigenvalue weighted by atomic mass is 16.4. The molecule has 0 aliphatic carbocycles. The lowest BCUT2D eigenvalue weighted by molar-refractivity contribution is 0.0699. The Morgan fingerprint density at radius 3 is 2.79 bits per heavy atom. The fraction of sp³-hybridized carbons (Fsp3) is 0. The summed E-state index contributed by atoms with van der Waals surface area (Å²) < 4.78 is 0. The summed E-state index contributed by atoms with van der Waals surface area (Å²) in [4.78, 5) is 18.2. The number of fused-ring (bicyclic) bond motifs is 1. The number of benzene rings is 1. The predicted octanol–water partition coefficient (Wildman–Crippen LogP) is 1.03. The van der Waals surface area contributed by atoms with Crippen molar-refractivity contribution in [3.63, 3.8) is 0 Å². The van der Waals surface area contributed by atoms with Gasteiger partial charge in [-0.3, -0.25) is 0 Å². The van der Waals surface area contributed by atoms with Gasteiger partial charge in [-0.2, -0.15) is 0 Å². The number of aromatic carboxylic acids is 1. The number of rotatable bonds is 1. The molecule has 1 aromatic carbocycles. The zero-order chi connectivity index (χ0) is 10.1. The van der Waals surface area contributed by atoms with Crippen LogP contribution >= 0.6 is 0 Å². The molecule has 0 unspecified atom stereocenters. The van der Waals surface area contributed by atoms with Gasteiger partial charge in [0.25, 0.3) is 0 Å². The van der Waals surface area contributed by atoms with Crippen molar-refractivity contribution >= 4 is 16.9 Å². The van der Waals surface area contributed by atoms with Crippen molar-refractivity contribution < 1.29 is 15.0 Å². The van der Waals surface area contributed by atoms with Crippen molar-refractivity contribution in [1.29, 1.82) is 0 Å². The van der Waals surface area contributed by atoms with Crippen LogP contribution in [0.5, 0.6) is 5.88 Å². The molecule has 5 nitrogen and oxygen atoms in total. The van der Waals surface area contributed by atoms with Gasteiger partial charge in [0, 0.05) is 0 Å². The number of carboxylic acid groups (broad SMARTS) is 1. The van der Waals surface area contributed by atoms with Gasteiger partial charge in [-0.25, -0.2) is 14.8 Å². The Kier molecular flexibility index (Phi) is 1.78. The smallest absolute Gasteiger partial charge is 0.337 e. The molecule has 0 aliphatic heterocycles. The van der Waals surface area contributed by atoms with Gasteiger partial charge in [0.1, 0.15) is 6.33 Å². The molecule has 0 bridgehead atoms. The molecule has 0 radical (unpaired) electrons. The quantitative estimate of drug-likeness (QED) is 0.701. The Balaban J connectivity index is 2.88. The lowest BCUT2D eigenvalue weighted by Crippen LogP contribution is -1.98. The number of hydrogen-bond acceptors (Lipinski definition) is 4. The maximum Gasteiger partial charge on any atom is 0.337 e. The van der Waals surface area contributed by atoms with Gasteiger partial charge in [0.15, 0.2) is 0 Å². The monoisotopic (exact) mass is 190 g/mol. The molecular formula is C9H6N2O3. The lowest BCUT2D eigenvalue weighted by atomic mass is 10.1. The summed E-state index contributed by atoms with van der Waals surface area (Å²) in [7, 11) is 0. The molecule has 2 N–H and O–H groups in total. The van der Waals surface area contributed by atoms with E-state index in [0.29, 0.717) is 5.39 Å². The molecule has 0 fully saturated rings. The van der Waals surface area contributed by atoms with E-state index in [9.17, 15) is 9.90 Å². The molecule has 0 aliphatic rings. The van der Waals surface area contributed by atoms with Crippen molar-refractivity contribution in [2.24, 2.45) is 0 Å². The van der Waals surface area contributed by atoms with Crippen molar-refractivity contribution in [2.75, 3.05) is 0 Å². The summed E-state index contributed by atoms with van der Waals surface area (Å²) in [6, 6.07) is 4.53. The Morgan fingerprint density at radius 1 is 1.29 bits per heavy atom. The van der Waals surface area contributed by atoms with Crippen LogP contribution in [-0.4, -0.2) is 26.2 Å². The van der Waals surface area contributed by atoms with Crippen LogP contribution < -0.4 is 0 Å². The molecule has 5 heteroatoms. The maximum absolute atomic E-state index is 10.8. The first-order valence-electron chi connectivity index (χ1n) is 3.86. The van der Waals surface area contributed by atoms with E-state index in [4.69, 9.17) is 5.11 Å². The highest BCUT2D eigenvalue weighted by molar-refractivity contribution is 6.02. The molecule has 2 aromatic rings. The first kappa shape index (κ1) is 8.43. The number of carbonyl (C=O) groups is 1. The van der Waals surface area contributed by atoms with E-state index in [2.05, 4.69) is 9.97 Å². The molecule has 1 heterocycles.